The molecule has 2 N–H and O–H groups in total. The molecule has 3 aromatic rings. The third-order valence-corrected chi connectivity index (χ3v) is 7.23. The summed E-state index contributed by atoms with van der Waals surface area (Å²) in [4.78, 5) is 26.5. The second kappa shape index (κ2) is 8.02. The molecule has 0 radical (unpaired) electrons. The van der Waals surface area contributed by atoms with Crippen molar-refractivity contribution < 1.29 is 14.3 Å². The number of carbonyl (C=O) groups excluding carboxylic acids is 2. The van der Waals surface area contributed by atoms with Crippen molar-refractivity contribution in [3.63, 3.8) is 0 Å². The second-order valence-electron chi connectivity index (χ2n) is 8.07. The molecule has 2 heterocycles. The Morgan fingerprint density at radius 3 is 2.58 bits per heavy atom. The van der Waals surface area contributed by atoms with Gasteiger partial charge in [0.1, 0.15) is 16.9 Å². The van der Waals surface area contributed by atoms with Crippen LogP contribution in [-0.2, 0) is 12.8 Å². The average Bonchev–Trinajstić information content (AvgIpc) is 3.12. The maximum Gasteiger partial charge on any atom is 0.343 e. The van der Waals surface area contributed by atoms with Crippen molar-refractivity contribution in [2.75, 3.05) is 5.32 Å². The number of amides is 1. The summed E-state index contributed by atoms with van der Waals surface area (Å²) in [6, 6.07) is 13.7. The number of hydrogen-bond donors (Lipinski definition) is 2. The van der Waals surface area contributed by atoms with Crippen molar-refractivity contribution in [1.29, 1.82) is 0 Å². The van der Waals surface area contributed by atoms with Gasteiger partial charge in [-0.25, -0.2) is 4.79 Å². The van der Waals surface area contributed by atoms with Crippen molar-refractivity contribution in [1.82, 2.24) is 5.32 Å². The summed E-state index contributed by atoms with van der Waals surface area (Å²) in [5, 5.41) is 8.05. The Bertz CT molecular complexity index is 1150. The summed E-state index contributed by atoms with van der Waals surface area (Å²) < 4.78 is 5.44. The molecule has 7 heteroatoms. The Morgan fingerprint density at radius 1 is 1.10 bits per heavy atom. The number of carbonyl (C=O) groups is 2. The van der Waals surface area contributed by atoms with Crippen molar-refractivity contribution in [2.45, 2.75) is 32.4 Å². The van der Waals surface area contributed by atoms with Crippen molar-refractivity contribution in [3.05, 3.63) is 80.7 Å². The van der Waals surface area contributed by atoms with Crippen molar-refractivity contribution >= 4 is 39.8 Å². The van der Waals surface area contributed by atoms with Crippen LogP contribution in [0, 0.1) is 5.92 Å². The van der Waals surface area contributed by atoms with Gasteiger partial charge in [-0.2, -0.15) is 0 Å². The number of anilines is 1. The van der Waals surface area contributed by atoms with Crippen LogP contribution in [0.4, 0.5) is 5.00 Å². The molecule has 1 aliphatic heterocycles. The molecule has 31 heavy (non-hydrogen) atoms. The molecule has 1 aromatic heterocycles. The molecule has 5 rings (SSSR count). The van der Waals surface area contributed by atoms with E-state index in [2.05, 4.69) is 17.6 Å². The fraction of sp³-hybridized carbons (Fsp3) is 0.250. The molecule has 2 aliphatic rings. The first-order chi connectivity index (χ1) is 15.0. The van der Waals surface area contributed by atoms with Gasteiger partial charge in [0.15, 0.2) is 0 Å². The van der Waals surface area contributed by atoms with E-state index in [-0.39, 0.29) is 12.1 Å². The fourth-order valence-electron chi connectivity index (χ4n) is 4.11. The molecular formula is C24H21ClN2O3S. The molecule has 1 aliphatic carbocycles. The van der Waals surface area contributed by atoms with E-state index in [0.717, 1.165) is 35.4 Å². The maximum absolute atomic E-state index is 12.9. The lowest BCUT2D eigenvalue weighted by molar-refractivity contribution is 0.0734. The van der Waals surface area contributed by atoms with Gasteiger partial charge in [-0.15, -0.1) is 11.3 Å². The Kier molecular flexibility index (Phi) is 5.20. The number of rotatable bonds is 3. The standard InChI is InChI=1S/C24H21ClN2O3S/c1-13-2-11-18-19(12-13)31-23-20(18)22(28)26-21(27-23)14-5-9-17(10-6-14)30-24(29)15-3-7-16(25)8-4-15/h3-10,13,21,27H,2,11-12H2,1H3,(H,26,28). The highest BCUT2D eigenvalue weighted by molar-refractivity contribution is 7.16. The molecule has 0 bridgehead atoms. The monoisotopic (exact) mass is 452 g/mol. The molecule has 2 aromatic carbocycles. The number of ether oxygens (including phenoxy) is 1. The molecule has 1 amide bonds. The van der Waals surface area contributed by atoms with Gasteiger partial charge >= 0.3 is 5.97 Å². The molecule has 0 saturated heterocycles. The van der Waals surface area contributed by atoms with Crippen LogP contribution in [0.5, 0.6) is 5.75 Å². The Balaban J connectivity index is 1.31. The topological polar surface area (TPSA) is 67.4 Å². The third-order valence-electron chi connectivity index (χ3n) is 5.79. The highest BCUT2D eigenvalue weighted by atomic mass is 35.5. The minimum atomic E-state index is -0.448. The number of esters is 1. The first-order valence-electron chi connectivity index (χ1n) is 10.3. The first kappa shape index (κ1) is 20.1. The molecular weight excluding hydrogens is 432 g/mol. The number of benzene rings is 2. The van der Waals surface area contributed by atoms with E-state index in [1.807, 2.05) is 12.1 Å². The van der Waals surface area contributed by atoms with E-state index in [4.69, 9.17) is 16.3 Å². The van der Waals surface area contributed by atoms with Gasteiger partial charge in [-0.1, -0.05) is 30.7 Å². The van der Waals surface area contributed by atoms with Crippen LogP contribution in [0.15, 0.2) is 48.5 Å². The number of halogens is 1. The lowest BCUT2D eigenvalue weighted by atomic mass is 9.88. The van der Waals surface area contributed by atoms with E-state index in [1.165, 1.54) is 10.4 Å². The second-order valence-corrected chi connectivity index (χ2v) is 9.61. The van der Waals surface area contributed by atoms with Gasteiger partial charge in [0.2, 0.25) is 0 Å². The van der Waals surface area contributed by atoms with E-state index < -0.39 is 5.97 Å². The van der Waals surface area contributed by atoms with Crippen LogP contribution < -0.4 is 15.4 Å². The zero-order valence-electron chi connectivity index (χ0n) is 16.9. The highest BCUT2D eigenvalue weighted by Gasteiger charge is 2.33. The normalized spacial score (nSPS) is 19.6. The van der Waals surface area contributed by atoms with Gasteiger partial charge in [-0.3, -0.25) is 4.79 Å². The van der Waals surface area contributed by atoms with Crippen LogP contribution in [0.25, 0.3) is 0 Å². The largest absolute Gasteiger partial charge is 0.423 e. The molecule has 0 fully saturated rings. The summed E-state index contributed by atoms with van der Waals surface area (Å²) in [6.07, 6.45) is 2.82. The summed E-state index contributed by atoms with van der Waals surface area (Å²) in [7, 11) is 0. The molecule has 0 saturated carbocycles. The predicted octanol–water partition coefficient (Wildman–Crippen LogP) is 5.60. The number of hydrogen-bond acceptors (Lipinski definition) is 5. The smallest absolute Gasteiger partial charge is 0.343 e. The molecule has 2 unspecified atom stereocenters. The zero-order valence-corrected chi connectivity index (χ0v) is 18.5. The van der Waals surface area contributed by atoms with Gasteiger partial charge in [-0.05, 0) is 72.7 Å². The molecule has 0 spiro atoms. The maximum atomic E-state index is 12.9. The fourth-order valence-corrected chi connectivity index (χ4v) is 5.67. The molecule has 5 nitrogen and oxygen atoms in total. The van der Waals surface area contributed by atoms with Gasteiger partial charge in [0.05, 0.1) is 11.1 Å². The van der Waals surface area contributed by atoms with Crippen molar-refractivity contribution in [3.8, 4) is 5.75 Å². The summed E-state index contributed by atoms with van der Waals surface area (Å²) in [5.74, 6) is 0.627. The summed E-state index contributed by atoms with van der Waals surface area (Å²) >= 11 is 7.56. The predicted molar refractivity (Wildman–Crippen MR) is 122 cm³/mol. The van der Waals surface area contributed by atoms with Crippen LogP contribution in [-0.4, -0.2) is 11.9 Å². The number of nitrogens with one attached hydrogen (secondary N) is 2. The van der Waals surface area contributed by atoms with Crippen LogP contribution in [0.1, 0.15) is 56.2 Å². The third kappa shape index (κ3) is 3.93. The van der Waals surface area contributed by atoms with Gasteiger partial charge in [0.25, 0.3) is 5.91 Å². The lowest BCUT2D eigenvalue weighted by Crippen LogP contribution is -2.38. The first-order valence-corrected chi connectivity index (χ1v) is 11.5. The zero-order chi connectivity index (χ0) is 21.5. The summed E-state index contributed by atoms with van der Waals surface area (Å²) in [6.45, 7) is 2.26. The van der Waals surface area contributed by atoms with Gasteiger partial charge in [0, 0.05) is 9.90 Å². The van der Waals surface area contributed by atoms with Crippen LogP contribution in [0.3, 0.4) is 0 Å². The lowest BCUT2D eigenvalue weighted by Gasteiger charge is -2.27. The Labute approximate surface area is 189 Å². The molecule has 158 valence electrons. The van der Waals surface area contributed by atoms with E-state index in [9.17, 15) is 9.59 Å². The highest BCUT2D eigenvalue weighted by Crippen LogP contribution is 2.42. The quantitative estimate of drug-likeness (QED) is 0.401. The number of fused-ring (bicyclic) bond motifs is 3. The van der Waals surface area contributed by atoms with Gasteiger partial charge < -0.3 is 15.4 Å². The van der Waals surface area contributed by atoms with Crippen LogP contribution in [0.2, 0.25) is 5.02 Å². The Hall–Kier alpha value is -2.83. The Morgan fingerprint density at radius 2 is 1.84 bits per heavy atom. The van der Waals surface area contributed by atoms with E-state index >= 15 is 0 Å². The van der Waals surface area contributed by atoms with E-state index in [1.54, 1.807) is 47.7 Å². The van der Waals surface area contributed by atoms with E-state index in [0.29, 0.717) is 22.3 Å². The molecule has 2 atom stereocenters. The summed E-state index contributed by atoms with van der Waals surface area (Å²) in [5.41, 5.74) is 3.35. The van der Waals surface area contributed by atoms with Crippen molar-refractivity contribution in [2.24, 2.45) is 5.92 Å². The number of thiophene rings is 1. The minimum absolute atomic E-state index is 0.0240. The van der Waals surface area contributed by atoms with Crippen LogP contribution >= 0.6 is 22.9 Å². The SMILES string of the molecule is CC1CCc2c(sc3c2C(=O)NC(c2ccc(OC(=O)c4ccc(Cl)cc4)cc2)N3)C1. The average molecular weight is 453 g/mol. The minimum Gasteiger partial charge on any atom is -0.423 e.